The van der Waals surface area contributed by atoms with Crippen LogP contribution in [0.2, 0.25) is 0 Å². The summed E-state index contributed by atoms with van der Waals surface area (Å²) in [5.74, 6) is 1.73. The zero-order chi connectivity index (χ0) is 19.0. The molecule has 2 atom stereocenters. The first-order valence-electron chi connectivity index (χ1n) is 9.31. The fraction of sp³-hybridized carbons (Fsp3) is 0.400. The number of aromatic nitrogens is 3. The van der Waals surface area contributed by atoms with Gasteiger partial charge in [-0.1, -0.05) is 6.92 Å². The van der Waals surface area contributed by atoms with Gasteiger partial charge in [-0.15, -0.1) is 16.4 Å². The molecule has 7 heteroatoms. The molecular formula is C20H25N4OS2+. The van der Waals surface area contributed by atoms with E-state index in [4.69, 9.17) is 22.1 Å². The van der Waals surface area contributed by atoms with E-state index >= 15 is 0 Å². The number of nitrogens with zero attached hydrogens (tertiary/aromatic N) is 3. The minimum atomic E-state index is 0.522. The van der Waals surface area contributed by atoms with E-state index in [0.29, 0.717) is 6.04 Å². The van der Waals surface area contributed by atoms with Gasteiger partial charge in [-0.25, -0.2) is 0 Å². The van der Waals surface area contributed by atoms with Gasteiger partial charge in [-0.2, -0.15) is 4.68 Å². The van der Waals surface area contributed by atoms with Crippen LogP contribution < -0.4 is 9.64 Å². The highest BCUT2D eigenvalue weighted by molar-refractivity contribution is 7.71. The number of rotatable bonds is 5. The standard InChI is InChI=1S/C20H24N4OS2/c1-4-17-16-10-12-27-18(16)9-11-23(17)13-24-20(26)22(2)19(21-24)14-5-7-15(25-3)8-6-14/h5-8,10,12,17H,4,9,11,13H2,1-3H3/p+1/t17-/m1/s1. The molecule has 1 aromatic carbocycles. The van der Waals surface area contributed by atoms with E-state index in [9.17, 15) is 0 Å². The average molecular weight is 402 g/mol. The molecule has 0 fully saturated rings. The molecule has 0 aliphatic carbocycles. The molecule has 0 bridgehead atoms. The number of thiophene rings is 1. The maximum atomic E-state index is 5.69. The number of hydrogen-bond acceptors (Lipinski definition) is 4. The predicted molar refractivity (Wildman–Crippen MR) is 111 cm³/mol. The largest absolute Gasteiger partial charge is 0.497 e. The van der Waals surface area contributed by atoms with Gasteiger partial charge in [0.15, 0.2) is 12.5 Å². The van der Waals surface area contributed by atoms with E-state index in [0.717, 1.165) is 48.0 Å². The average Bonchev–Trinajstić information content (AvgIpc) is 3.28. The van der Waals surface area contributed by atoms with Crippen molar-refractivity contribution in [2.24, 2.45) is 7.05 Å². The highest BCUT2D eigenvalue weighted by Gasteiger charge is 2.31. The number of benzene rings is 1. The van der Waals surface area contributed by atoms with Gasteiger partial charge in [0.25, 0.3) is 0 Å². The summed E-state index contributed by atoms with van der Waals surface area (Å²) in [6.45, 7) is 4.21. The fourth-order valence-corrected chi connectivity index (χ4v) is 5.14. The Morgan fingerprint density at radius 2 is 2.07 bits per heavy atom. The molecule has 1 N–H and O–H groups in total. The van der Waals surface area contributed by atoms with E-state index < -0.39 is 0 Å². The highest BCUT2D eigenvalue weighted by Crippen LogP contribution is 2.27. The second-order valence-electron chi connectivity index (χ2n) is 6.97. The highest BCUT2D eigenvalue weighted by atomic mass is 32.1. The van der Waals surface area contributed by atoms with Crippen molar-refractivity contribution in [3.8, 4) is 17.1 Å². The Bertz CT molecular complexity index is 986. The molecule has 0 saturated heterocycles. The van der Waals surface area contributed by atoms with Crippen molar-refractivity contribution in [1.82, 2.24) is 14.3 Å². The molecule has 0 amide bonds. The lowest BCUT2D eigenvalue weighted by Gasteiger charge is -2.31. The van der Waals surface area contributed by atoms with Crippen LogP contribution in [0.1, 0.15) is 29.8 Å². The third kappa shape index (κ3) is 3.35. The van der Waals surface area contributed by atoms with Crippen molar-refractivity contribution in [3.63, 3.8) is 0 Å². The first-order chi connectivity index (χ1) is 13.1. The summed E-state index contributed by atoms with van der Waals surface area (Å²) in [5.41, 5.74) is 2.56. The summed E-state index contributed by atoms with van der Waals surface area (Å²) in [7, 11) is 3.67. The van der Waals surface area contributed by atoms with Crippen LogP contribution in [0.4, 0.5) is 0 Å². The monoisotopic (exact) mass is 401 g/mol. The molecule has 4 rings (SSSR count). The van der Waals surface area contributed by atoms with Crippen LogP contribution in [0.5, 0.6) is 5.75 Å². The van der Waals surface area contributed by atoms with Crippen molar-refractivity contribution in [2.75, 3.05) is 13.7 Å². The molecule has 5 nitrogen and oxygen atoms in total. The molecule has 1 unspecified atom stereocenters. The Kier molecular flexibility index (Phi) is 5.16. The Balaban J connectivity index is 1.62. The second kappa shape index (κ2) is 7.58. The van der Waals surface area contributed by atoms with Crippen molar-refractivity contribution in [2.45, 2.75) is 32.5 Å². The summed E-state index contributed by atoms with van der Waals surface area (Å²) >= 11 is 7.59. The van der Waals surface area contributed by atoms with E-state index in [1.165, 1.54) is 5.56 Å². The number of nitrogens with one attached hydrogen (secondary N) is 1. The van der Waals surface area contributed by atoms with Gasteiger partial charge in [0, 0.05) is 35.9 Å². The lowest BCUT2D eigenvalue weighted by atomic mass is 9.98. The molecule has 0 saturated carbocycles. The van der Waals surface area contributed by atoms with E-state index in [1.54, 1.807) is 16.9 Å². The molecule has 1 aliphatic heterocycles. The molecule has 1 aliphatic rings. The van der Waals surface area contributed by atoms with Crippen LogP contribution in [-0.2, 0) is 20.1 Å². The second-order valence-corrected chi connectivity index (χ2v) is 8.34. The molecule has 3 aromatic rings. The molecule has 142 valence electrons. The minimum Gasteiger partial charge on any atom is -0.497 e. The van der Waals surface area contributed by atoms with Crippen molar-refractivity contribution >= 4 is 23.6 Å². The van der Waals surface area contributed by atoms with Crippen molar-refractivity contribution in [1.29, 1.82) is 0 Å². The number of fused-ring (bicyclic) bond motifs is 1. The number of quaternary nitrogens is 1. The van der Waals surface area contributed by atoms with E-state index in [1.807, 2.05) is 51.9 Å². The number of ether oxygens (including phenoxy) is 1. The predicted octanol–water partition coefficient (Wildman–Crippen LogP) is 3.24. The van der Waals surface area contributed by atoms with Gasteiger partial charge in [0.2, 0.25) is 4.77 Å². The Hall–Kier alpha value is -1.96. The third-order valence-electron chi connectivity index (χ3n) is 5.47. The maximum Gasteiger partial charge on any atom is 0.202 e. The quantitative estimate of drug-likeness (QED) is 0.667. The third-order valence-corrected chi connectivity index (χ3v) is 6.95. The lowest BCUT2D eigenvalue weighted by molar-refractivity contribution is -0.956. The summed E-state index contributed by atoms with van der Waals surface area (Å²) in [6.07, 6.45) is 2.27. The minimum absolute atomic E-state index is 0.522. The SMILES string of the molecule is CC[C@@H]1c2ccsc2CC[NH+]1Cn1nc(-c2ccc(OC)cc2)n(C)c1=S. The molecule has 27 heavy (non-hydrogen) atoms. The van der Waals surface area contributed by atoms with Gasteiger partial charge >= 0.3 is 0 Å². The smallest absolute Gasteiger partial charge is 0.202 e. The Labute approximate surface area is 168 Å². The van der Waals surface area contributed by atoms with Crippen LogP contribution in [0.15, 0.2) is 35.7 Å². The molecule has 2 aromatic heterocycles. The number of methoxy groups -OCH3 is 1. The van der Waals surface area contributed by atoms with Gasteiger partial charge in [-0.05, 0) is 47.9 Å². The summed E-state index contributed by atoms with van der Waals surface area (Å²) < 4.78 is 10.0. The molecule has 3 heterocycles. The van der Waals surface area contributed by atoms with Gasteiger partial charge in [-0.3, -0.25) is 0 Å². The summed E-state index contributed by atoms with van der Waals surface area (Å²) in [6, 6.07) is 10.8. The van der Waals surface area contributed by atoms with Crippen LogP contribution in [0.3, 0.4) is 0 Å². The van der Waals surface area contributed by atoms with Gasteiger partial charge < -0.3 is 14.2 Å². The zero-order valence-electron chi connectivity index (χ0n) is 15.9. The number of hydrogen-bond donors (Lipinski definition) is 1. The normalized spacial score (nSPS) is 19.1. The van der Waals surface area contributed by atoms with E-state index in [-0.39, 0.29) is 0 Å². The van der Waals surface area contributed by atoms with Gasteiger partial charge in [0.05, 0.1) is 13.7 Å². The zero-order valence-corrected chi connectivity index (χ0v) is 17.6. The Morgan fingerprint density at radius 1 is 1.30 bits per heavy atom. The van der Waals surface area contributed by atoms with Crippen LogP contribution in [0.25, 0.3) is 11.4 Å². The molecular weight excluding hydrogens is 376 g/mol. The molecule has 0 radical (unpaired) electrons. The molecule has 0 spiro atoms. The van der Waals surface area contributed by atoms with Crippen molar-refractivity contribution < 1.29 is 9.64 Å². The topological polar surface area (TPSA) is 36.4 Å². The summed E-state index contributed by atoms with van der Waals surface area (Å²) in [4.78, 5) is 3.09. The van der Waals surface area contributed by atoms with Gasteiger partial charge in [0.1, 0.15) is 11.8 Å². The lowest BCUT2D eigenvalue weighted by Crippen LogP contribution is -3.12. The maximum absolute atomic E-state index is 5.69. The van der Waals surface area contributed by atoms with E-state index in [2.05, 4.69) is 18.4 Å². The fourth-order valence-electron chi connectivity index (χ4n) is 4.01. The van der Waals surface area contributed by atoms with Crippen LogP contribution in [-0.4, -0.2) is 28.0 Å². The Morgan fingerprint density at radius 3 is 2.78 bits per heavy atom. The van der Waals surface area contributed by atoms with Crippen molar-refractivity contribution in [3.05, 3.63) is 50.9 Å². The first kappa shape index (κ1) is 18.4. The first-order valence-corrected chi connectivity index (χ1v) is 10.6. The summed E-state index contributed by atoms with van der Waals surface area (Å²) in [5, 5.41) is 7.08. The van der Waals surface area contributed by atoms with Crippen LogP contribution in [0, 0.1) is 4.77 Å². The van der Waals surface area contributed by atoms with Crippen LogP contribution >= 0.6 is 23.6 Å².